The summed E-state index contributed by atoms with van der Waals surface area (Å²) in [6.07, 6.45) is 0. The Hall–Kier alpha value is -2.11. The van der Waals surface area contributed by atoms with Crippen LogP contribution >= 0.6 is 0 Å². The summed E-state index contributed by atoms with van der Waals surface area (Å²) in [5, 5.41) is 12.9. The van der Waals surface area contributed by atoms with Gasteiger partial charge in [-0.15, -0.1) is 0 Å². The Kier molecular flexibility index (Phi) is 4.68. The third kappa shape index (κ3) is 3.75. The van der Waals surface area contributed by atoms with Crippen molar-refractivity contribution in [3.8, 4) is 6.07 Å². The molecule has 2 rings (SSSR count). The normalized spacial score (nSPS) is 14.1. The van der Waals surface area contributed by atoms with Crippen molar-refractivity contribution in [3.63, 3.8) is 0 Å². The van der Waals surface area contributed by atoms with E-state index in [-0.39, 0.29) is 5.41 Å². The Bertz CT molecular complexity index is 645. The Morgan fingerprint density at radius 2 is 1.45 bits per heavy atom. The fraction of sp³-hybridized carbons (Fsp3) is 0.350. The van der Waals surface area contributed by atoms with E-state index in [1.165, 1.54) is 11.1 Å². The summed E-state index contributed by atoms with van der Waals surface area (Å²) in [6, 6.07) is 20.9. The van der Waals surface area contributed by atoms with Crippen LogP contribution < -0.4 is 5.32 Å². The van der Waals surface area contributed by atoms with Crippen LogP contribution in [0, 0.1) is 11.3 Å². The molecule has 0 aromatic heterocycles. The van der Waals surface area contributed by atoms with Gasteiger partial charge in [-0.25, -0.2) is 0 Å². The highest BCUT2D eigenvalue weighted by Gasteiger charge is 2.25. The topological polar surface area (TPSA) is 35.8 Å². The molecule has 2 aromatic carbocycles. The fourth-order valence-electron chi connectivity index (χ4n) is 2.38. The number of nitrogens with zero attached hydrogens (tertiary/aromatic N) is 1. The molecule has 2 nitrogen and oxygen atoms in total. The number of nitriles is 1. The molecule has 0 aliphatic carbocycles. The van der Waals surface area contributed by atoms with Crippen molar-refractivity contribution >= 4 is 0 Å². The maximum atomic E-state index is 9.56. The zero-order valence-corrected chi connectivity index (χ0v) is 13.9. The van der Waals surface area contributed by atoms with E-state index in [0.29, 0.717) is 6.54 Å². The molecule has 2 aromatic rings. The van der Waals surface area contributed by atoms with Gasteiger partial charge in [0, 0.05) is 6.54 Å². The molecule has 0 fully saturated rings. The van der Waals surface area contributed by atoms with Gasteiger partial charge in [-0.05, 0) is 29.0 Å². The molecular weight excluding hydrogens is 268 g/mol. The average molecular weight is 292 g/mol. The maximum absolute atomic E-state index is 9.56. The lowest BCUT2D eigenvalue weighted by Gasteiger charge is -2.24. The van der Waals surface area contributed by atoms with E-state index in [4.69, 9.17) is 0 Å². The SMILES string of the molecule is CC(C)(C)c1ccc(CN[C@@](C)(C#N)c2ccccc2)cc1. The van der Waals surface area contributed by atoms with Crippen molar-refractivity contribution in [2.75, 3.05) is 0 Å². The highest BCUT2D eigenvalue weighted by atomic mass is 15.0. The predicted molar refractivity (Wildman–Crippen MR) is 91.4 cm³/mol. The third-order valence-corrected chi connectivity index (χ3v) is 4.04. The molecule has 1 atom stereocenters. The molecule has 0 saturated carbocycles. The van der Waals surface area contributed by atoms with E-state index < -0.39 is 5.54 Å². The second-order valence-corrected chi connectivity index (χ2v) is 6.90. The van der Waals surface area contributed by atoms with Crippen molar-refractivity contribution in [1.29, 1.82) is 5.26 Å². The van der Waals surface area contributed by atoms with Gasteiger partial charge < -0.3 is 0 Å². The Labute approximate surface area is 133 Å². The zero-order chi connectivity index (χ0) is 16.2. The van der Waals surface area contributed by atoms with Gasteiger partial charge in [0.1, 0.15) is 5.54 Å². The van der Waals surface area contributed by atoms with Crippen molar-refractivity contribution in [2.45, 2.75) is 45.2 Å². The summed E-state index contributed by atoms with van der Waals surface area (Å²) in [5.74, 6) is 0. The summed E-state index contributed by atoms with van der Waals surface area (Å²) in [4.78, 5) is 0. The summed E-state index contributed by atoms with van der Waals surface area (Å²) in [5.41, 5.74) is 2.98. The largest absolute Gasteiger partial charge is 0.292 e. The summed E-state index contributed by atoms with van der Waals surface area (Å²) in [7, 11) is 0. The van der Waals surface area contributed by atoms with Crippen molar-refractivity contribution in [1.82, 2.24) is 5.32 Å². The molecule has 0 radical (unpaired) electrons. The molecule has 0 spiro atoms. The van der Waals surface area contributed by atoms with Crippen molar-refractivity contribution < 1.29 is 0 Å². The second kappa shape index (κ2) is 6.34. The van der Waals surface area contributed by atoms with Crippen LogP contribution in [0.4, 0.5) is 0 Å². The summed E-state index contributed by atoms with van der Waals surface area (Å²) in [6.45, 7) is 9.22. The van der Waals surface area contributed by atoms with Crippen LogP contribution in [0.25, 0.3) is 0 Å². The Morgan fingerprint density at radius 3 is 1.95 bits per heavy atom. The van der Waals surface area contributed by atoms with Crippen LogP contribution in [0.2, 0.25) is 0 Å². The van der Waals surface area contributed by atoms with Gasteiger partial charge in [-0.3, -0.25) is 5.32 Å². The van der Waals surface area contributed by atoms with Crippen LogP contribution in [-0.2, 0) is 17.5 Å². The lowest BCUT2D eigenvalue weighted by Crippen LogP contribution is -2.37. The van der Waals surface area contributed by atoms with E-state index in [1.54, 1.807) is 0 Å². The van der Waals surface area contributed by atoms with E-state index in [0.717, 1.165) is 5.56 Å². The first-order valence-electron chi connectivity index (χ1n) is 7.66. The van der Waals surface area contributed by atoms with Crippen LogP contribution in [-0.4, -0.2) is 0 Å². The first-order valence-corrected chi connectivity index (χ1v) is 7.66. The minimum atomic E-state index is -0.677. The first-order chi connectivity index (χ1) is 10.3. The molecule has 0 heterocycles. The van der Waals surface area contributed by atoms with Gasteiger partial charge in [-0.1, -0.05) is 75.4 Å². The highest BCUT2D eigenvalue weighted by Crippen LogP contribution is 2.23. The number of hydrogen-bond donors (Lipinski definition) is 1. The minimum absolute atomic E-state index is 0.164. The number of benzene rings is 2. The number of hydrogen-bond acceptors (Lipinski definition) is 2. The number of rotatable bonds is 4. The maximum Gasteiger partial charge on any atom is 0.129 e. The van der Waals surface area contributed by atoms with Gasteiger partial charge in [0.2, 0.25) is 0 Å². The molecule has 2 heteroatoms. The lowest BCUT2D eigenvalue weighted by molar-refractivity contribution is 0.464. The molecule has 0 bridgehead atoms. The Morgan fingerprint density at radius 1 is 0.864 bits per heavy atom. The van der Waals surface area contributed by atoms with E-state index in [2.05, 4.69) is 56.4 Å². The smallest absolute Gasteiger partial charge is 0.129 e. The zero-order valence-electron chi connectivity index (χ0n) is 13.9. The molecular formula is C20H24N2. The molecule has 0 aliphatic heterocycles. The fourth-order valence-corrected chi connectivity index (χ4v) is 2.38. The highest BCUT2D eigenvalue weighted by molar-refractivity contribution is 5.31. The van der Waals surface area contributed by atoms with Crippen LogP contribution in [0.5, 0.6) is 0 Å². The Balaban J connectivity index is 2.10. The molecule has 114 valence electrons. The van der Waals surface area contributed by atoms with Gasteiger partial charge in [-0.2, -0.15) is 5.26 Å². The lowest BCUT2D eigenvalue weighted by atomic mass is 9.86. The van der Waals surface area contributed by atoms with E-state index >= 15 is 0 Å². The molecule has 22 heavy (non-hydrogen) atoms. The van der Waals surface area contributed by atoms with E-state index in [9.17, 15) is 5.26 Å². The molecule has 0 saturated heterocycles. The van der Waals surface area contributed by atoms with Gasteiger partial charge in [0.15, 0.2) is 0 Å². The minimum Gasteiger partial charge on any atom is -0.292 e. The molecule has 0 amide bonds. The van der Waals surface area contributed by atoms with Crippen molar-refractivity contribution in [3.05, 3.63) is 71.3 Å². The average Bonchev–Trinajstić information content (AvgIpc) is 2.53. The first kappa shape index (κ1) is 16.3. The van der Waals surface area contributed by atoms with Crippen molar-refractivity contribution in [2.24, 2.45) is 0 Å². The van der Waals surface area contributed by atoms with E-state index in [1.807, 2.05) is 37.3 Å². The standard InChI is InChI=1S/C20H24N2/c1-19(2,3)17-12-10-16(11-13-17)14-22-20(4,15-21)18-8-6-5-7-9-18/h5-13,22H,14H2,1-4H3/t20-/m0/s1. The molecule has 0 unspecified atom stereocenters. The quantitative estimate of drug-likeness (QED) is 0.899. The van der Waals surface area contributed by atoms with Crippen LogP contribution in [0.3, 0.4) is 0 Å². The van der Waals surface area contributed by atoms with Gasteiger partial charge in [0.05, 0.1) is 6.07 Å². The summed E-state index contributed by atoms with van der Waals surface area (Å²) >= 11 is 0. The molecule has 1 N–H and O–H groups in total. The molecule has 0 aliphatic rings. The van der Waals surface area contributed by atoms with Gasteiger partial charge >= 0.3 is 0 Å². The van der Waals surface area contributed by atoms with Crippen LogP contribution in [0.15, 0.2) is 54.6 Å². The van der Waals surface area contributed by atoms with Crippen LogP contribution in [0.1, 0.15) is 44.4 Å². The third-order valence-electron chi connectivity index (χ3n) is 4.04. The monoisotopic (exact) mass is 292 g/mol. The predicted octanol–water partition coefficient (Wildman–Crippen LogP) is 4.51. The second-order valence-electron chi connectivity index (χ2n) is 6.90. The number of nitrogens with one attached hydrogen (secondary N) is 1. The summed E-state index contributed by atoms with van der Waals surface area (Å²) < 4.78 is 0. The van der Waals surface area contributed by atoms with Gasteiger partial charge in [0.25, 0.3) is 0 Å².